The van der Waals surface area contributed by atoms with E-state index in [2.05, 4.69) is 26.6 Å². The van der Waals surface area contributed by atoms with E-state index >= 15 is 0 Å². The molecule has 0 atom stereocenters. The Labute approximate surface area is 135 Å². The maximum Gasteiger partial charge on any atom is 0.287 e. The lowest BCUT2D eigenvalue weighted by molar-refractivity contribution is -0.120. The van der Waals surface area contributed by atoms with Gasteiger partial charge in [-0.15, -0.1) is 0 Å². The summed E-state index contributed by atoms with van der Waals surface area (Å²) in [6.45, 7) is 1.75. The van der Waals surface area contributed by atoms with Crippen LogP contribution in [0.15, 0.2) is 39.4 Å². The predicted octanol–water partition coefficient (Wildman–Crippen LogP) is 2.54. The first-order valence-electron chi connectivity index (χ1n) is 6.51. The molecule has 1 heterocycles. The number of furan rings is 1. The van der Waals surface area contributed by atoms with E-state index in [9.17, 15) is 14.0 Å². The van der Waals surface area contributed by atoms with Gasteiger partial charge in [0.25, 0.3) is 5.91 Å². The topological polar surface area (TPSA) is 71.3 Å². The van der Waals surface area contributed by atoms with Gasteiger partial charge >= 0.3 is 0 Å². The number of carbonyl (C=O) groups excluding carboxylic acids is 2. The third kappa shape index (κ3) is 4.42. The van der Waals surface area contributed by atoms with Crippen LogP contribution in [-0.2, 0) is 11.3 Å². The van der Waals surface area contributed by atoms with E-state index in [1.165, 1.54) is 12.1 Å². The van der Waals surface area contributed by atoms with Crippen molar-refractivity contribution in [3.63, 3.8) is 0 Å². The number of aryl methyl sites for hydroxylation is 1. The molecule has 0 fully saturated rings. The summed E-state index contributed by atoms with van der Waals surface area (Å²) >= 11 is 3.09. The van der Waals surface area contributed by atoms with Crippen LogP contribution in [-0.4, -0.2) is 18.4 Å². The number of benzene rings is 1. The van der Waals surface area contributed by atoms with Gasteiger partial charge in [-0.05, 0) is 52.2 Å². The van der Waals surface area contributed by atoms with E-state index in [-0.39, 0.29) is 30.6 Å². The van der Waals surface area contributed by atoms with E-state index in [0.717, 1.165) is 5.56 Å². The fourth-order valence-electron chi connectivity index (χ4n) is 1.76. The average Bonchev–Trinajstić information content (AvgIpc) is 2.92. The second kappa shape index (κ2) is 7.22. The van der Waals surface area contributed by atoms with Gasteiger partial charge in [-0.2, -0.15) is 0 Å². The van der Waals surface area contributed by atoms with Gasteiger partial charge in [-0.1, -0.05) is 12.1 Å². The first kappa shape index (κ1) is 16.2. The Morgan fingerprint density at radius 2 is 2.00 bits per heavy atom. The van der Waals surface area contributed by atoms with Crippen molar-refractivity contribution >= 4 is 27.7 Å². The number of carbonyl (C=O) groups is 2. The maximum absolute atomic E-state index is 13.1. The van der Waals surface area contributed by atoms with Gasteiger partial charge in [0.05, 0.1) is 6.54 Å². The largest absolute Gasteiger partial charge is 0.444 e. The smallest absolute Gasteiger partial charge is 0.287 e. The van der Waals surface area contributed by atoms with Crippen molar-refractivity contribution < 1.29 is 18.4 Å². The van der Waals surface area contributed by atoms with Crippen molar-refractivity contribution in [3.8, 4) is 0 Å². The molecule has 2 amide bonds. The molecule has 0 radical (unpaired) electrons. The minimum Gasteiger partial charge on any atom is -0.444 e. The van der Waals surface area contributed by atoms with Gasteiger partial charge in [0.1, 0.15) is 5.82 Å². The second-order valence-electron chi connectivity index (χ2n) is 4.65. The molecule has 0 aliphatic carbocycles. The highest BCUT2D eigenvalue weighted by Crippen LogP contribution is 2.13. The van der Waals surface area contributed by atoms with E-state index in [1.54, 1.807) is 25.1 Å². The van der Waals surface area contributed by atoms with Crippen LogP contribution in [0, 0.1) is 12.7 Å². The molecule has 7 heteroatoms. The van der Waals surface area contributed by atoms with Crippen LogP contribution < -0.4 is 10.6 Å². The standard InChI is InChI=1S/C15H14BrFN2O3/c1-9-6-10(2-3-11(9)17)7-18-14(20)8-19-15(21)12-4-5-13(16)22-12/h2-6H,7-8H2,1H3,(H,18,20)(H,19,21). The van der Waals surface area contributed by atoms with Gasteiger partial charge in [0, 0.05) is 6.54 Å². The highest BCUT2D eigenvalue weighted by Gasteiger charge is 2.11. The van der Waals surface area contributed by atoms with E-state index in [4.69, 9.17) is 4.42 Å². The number of amides is 2. The molecule has 2 aromatic rings. The Hall–Kier alpha value is -2.15. The minimum atomic E-state index is -0.474. The molecule has 2 N–H and O–H groups in total. The van der Waals surface area contributed by atoms with Gasteiger partial charge in [0.2, 0.25) is 5.91 Å². The SMILES string of the molecule is Cc1cc(CNC(=O)CNC(=O)c2ccc(Br)o2)ccc1F. The van der Waals surface area contributed by atoms with E-state index in [1.807, 2.05) is 0 Å². The Kier molecular flexibility index (Phi) is 5.32. The molecule has 2 rings (SSSR count). The molecule has 0 saturated heterocycles. The number of halogens is 2. The molecule has 0 spiro atoms. The van der Waals surface area contributed by atoms with Crippen LogP contribution in [0.5, 0.6) is 0 Å². The number of hydrogen-bond acceptors (Lipinski definition) is 3. The van der Waals surface area contributed by atoms with Crippen LogP contribution in [0.25, 0.3) is 0 Å². The molecule has 0 bridgehead atoms. The van der Waals surface area contributed by atoms with Crippen LogP contribution in [0.4, 0.5) is 4.39 Å². The van der Waals surface area contributed by atoms with Crippen LogP contribution >= 0.6 is 15.9 Å². The van der Waals surface area contributed by atoms with Crippen molar-refractivity contribution in [2.45, 2.75) is 13.5 Å². The van der Waals surface area contributed by atoms with Crippen LogP contribution in [0.1, 0.15) is 21.7 Å². The molecule has 1 aromatic heterocycles. The molecule has 0 saturated carbocycles. The zero-order valence-electron chi connectivity index (χ0n) is 11.8. The highest BCUT2D eigenvalue weighted by molar-refractivity contribution is 9.10. The summed E-state index contributed by atoms with van der Waals surface area (Å²) < 4.78 is 18.6. The summed E-state index contributed by atoms with van der Waals surface area (Å²) in [5.41, 5.74) is 1.30. The molecule has 0 aliphatic rings. The second-order valence-corrected chi connectivity index (χ2v) is 5.43. The Morgan fingerprint density at radius 1 is 1.23 bits per heavy atom. The number of hydrogen-bond donors (Lipinski definition) is 2. The Balaban J connectivity index is 1.78. The summed E-state index contributed by atoms with van der Waals surface area (Å²) in [6, 6.07) is 7.70. The zero-order chi connectivity index (χ0) is 16.1. The zero-order valence-corrected chi connectivity index (χ0v) is 13.4. The molecular weight excluding hydrogens is 355 g/mol. The van der Waals surface area contributed by atoms with Crippen molar-refractivity contribution in [2.24, 2.45) is 0 Å². The molecule has 5 nitrogen and oxygen atoms in total. The number of nitrogens with one attached hydrogen (secondary N) is 2. The average molecular weight is 369 g/mol. The molecule has 116 valence electrons. The molecule has 0 aliphatic heterocycles. The van der Waals surface area contributed by atoms with Crippen molar-refractivity contribution in [1.82, 2.24) is 10.6 Å². The summed E-state index contributed by atoms with van der Waals surface area (Å²) in [7, 11) is 0. The van der Waals surface area contributed by atoms with Crippen LogP contribution in [0.3, 0.4) is 0 Å². The summed E-state index contributed by atoms with van der Waals surface area (Å²) in [5, 5.41) is 5.08. The quantitative estimate of drug-likeness (QED) is 0.851. The fourth-order valence-corrected chi connectivity index (χ4v) is 2.07. The van der Waals surface area contributed by atoms with Crippen LogP contribution in [0.2, 0.25) is 0 Å². The number of rotatable bonds is 5. The van der Waals surface area contributed by atoms with Crippen molar-refractivity contribution in [2.75, 3.05) is 6.54 Å². The first-order chi connectivity index (χ1) is 10.5. The monoisotopic (exact) mass is 368 g/mol. The predicted molar refractivity (Wildman–Crippen MR) is 81.7 cm³/mol. The fraction of sp³-hybridized carbons (Fsp3) is 0.200. The molecule has 22 heavy (non-hydrogen) atoms. The Bertz CT molecular complexity index is 700. The minimum absolute atomic E-state index is 0.119. The Morgan fingerprint density at radius 3 is 2.64 bits per heavy atom. The lowest BCUT2D eigenvalue weighted by Gasteiger charge is -2.07. The molecule has 1 aromatic carbocycles. The van der Waals surface area contributed by atoms with E-state index < -0.39 is 5.91 Å². The lowest BCUT2D eigenvalue weighted by atomic mass is 10.1. The van der Waals surface area contributed by atoms with Gasteiger partial charge < -0.3 is 15.1 Å². The summed E-state index contributed by atoms with van der Waals surface area (Å²) in [5.74, 6) is -0.986. The first-order valence-corrected chi connectivity index (χ1v) is 7.30. The highest BCUT2D eigenvalue weighted by atomic mass is 79.9. The summed E-state index contributed by atoms with van der Waals surface area (Å²) in [4.78, 5) is 23.3. The van der Waals surface area contributed by atoms with Crippen molar-refractivity contribution in [3.05, 3.63) is 57.7 Å². The maximum atomic E-state index is 13.1. The third-order valence-electron chi connectivity index (χ3n) is 2.92. The molecular formula is C15H14BrFN2O3. The molecule has 0 unspecified atom stereocenters. The normalized spacial score (nSPS) is 10.3. The van der Waals surface area contributed by atoms with E-state index in [0.29, 0.717) is 10.2 Å². The van der Waals surface area contributed by atoms with Gasteiger partial charge in [-0.25, -0.2) is 4.39 Å². The van der Waals surface area contributed by atoms with Gasteiger partial charge in [0.15, 0.2) is 10.4 Å². The van der Waals surface area contributed by atoms with Crippen molar-refractivity contribution in [1.29, 1.82) is 0 Å². The lowest BCUT2D eigenvalue weighted by Crippen LogP contribution is -2.36. The summed E-state index contributed by atoms with van der Waals surface area (Å²) in [6.07, 6.45) is 0. The third-order valence-corrected chi connectivity index (χ3v) is 3.34. The van der Waals surface area contributed by atoms with Gasteiger partial charge in [-0.3, -0.25) is 9.59 Å².